The van der Waals surface area contributed by atoms with E-state index in [1.54, 1.807) is 42.5 Å². The molecule has 4 rings (SSSR count). The maximum absolute atomic E-state index is 12.6. The van der Waals surface area contributed by atoms with Crippen LogP contribution in [-0.2, 0) is 25.8 Å². The van der Waals surface area contributed by atoms with Gasteiger partial charge in [-0.1, -0.05) is 51.1 Å². The zero-order valence-electron chi connectivity index (χ0n) is 19.5. The molecule has 0 radical (unpaired) electrons. The van der Waals surface area contributed by atoms with Crippen molar-refractivity contribution in [3.63, 3.8) is 0 Å². The highest BCUT2D eigenvalue weighted by atomic mass is 32.2. The van der Waals surface area contributed by atoms with Crippen LogP contribution in [0.4, 0.5) is 0 Å². The van der Waals surface area contributed by atoms with Gasteiger partial charge in [0, 0.05) is 10.8 Å². The molecule has 2 unspecified atom stereocenters. The average Bonchev–Trinajstić information content (AvgIpc) is 3.12. The highest BCUT2D eigenvalue weighted by Gasteiger charge is 2.62. The summed E-state index contributed by atoms with van der Waals surface area (Å²) < 4.78 is 36.0. The van der Waals surface area contributed by atoms with Crippen LogP contribution in [0.25, 0.3) is 0 Å². The van der Waals surface area contributed by atoms with E-state index in [0.717, 1.165) is 23.8 Å². The van der Waals surface area contributed by atoms with Crippen molar-refractivity contribution in [3.8, 4) is 5.75 Å². The number of fused-ring (bicyclic) bond motifs is 2. The van der Waals surface area contributed by atoms with Crippen LogP contribution in [0.3, 0.4) is 0 Å². The van der Waals surface area contributed by atoms with Gasteiger partial charge in [0.25, 0.3) is 0 Å². The van der Waals surface area contributed by atoms with E-state index < -0.39 is 9.84 Å². The van der Waals surface area contributed by atoms with Crippen molar-refractivity contribution in [3.05, 3.63) is 71.6 Å². The summed E-state index contributed by atoms with van der Waals surface area (Å²) in [5, 5.41) is 1.16. The first-order valence-electron chi connectivity index (χ1n) is 11.5. The molecule has 0 spiro atoms. The number of carbonyl (C=O) groups is 1. The van der Waals surface area contributed by atoms with Gasteiger partial charge in [-0.2, -0.15) is 0 Å². The molecule has 2 fully saturated rings. The summed E-state index contributed by atoms with van der Waals surface area (Å²) in [7, 11) is -3.47. The molecule has 176 valence electrons. The van der Waals surface area contributed by atoms with E-state index in [2.05, 4.69) is 20.8 Å². The number of rotatable bonds is 8. The van der Waals surface area contributed by atoms with Crippen molar-refractivity contribution in [2.75, 3.05) is 6.61 Å². The third-order valence-electron chi connectivity index (χ3n) is 7.95. The molecule has 6 heteroatoms. The van der Waals surface area contributed by atoms with Gasteiger partial charge in [-0.05, 0) is 66.5 Å². The molecule has 2 saturated carbocycles. The molecule has 2 bridgehead atoms. The number of sulfone groups is 1. The van der Waals surface area contributed by atoms with Gasteiger partial charge >= 0.3 is 5.97 Å². The third-order valence-corrected chi connectivity index (χ3v) is 9.43. The second-order valence-corrected chi connectivity index (χ2v) is 11.8. The number of ether oxygens (including phenoxy) is 2. The number of hydrogen-bond donors (Lipinski definition) is 0. The Morgan fingerprint density at radius 1 is 1.06 bits per heavy atom. The largest absolute Gasteiger partial charge is 0.490 e. The van der Waals surface area contributed by atoms with Crippen LogP contribution in [0.5, 0.6) is 5.75 Å². The maximum Gasteiger partial charge on any atom is 0.310 e. The van der Waals surface area contributed by atoms with Crippen molar-refractivity contribution in [2.45, 2.75) is 57.5 Å². The van der Waals surface area contributed by atoms with E-state index >= 15 is 0 Å². The highest BCUT2D eigenvalue weighted by molar-refractivity contribution is 7.94. The summed E-state index contributed by atoms with van der Waals surface area (Å²) >= 11 is 0. The van der Waals surface area contributed by atoms with Crippen molar-refractivity contribution in [1.29, 1.82) is 0 Å². The second kappa shape index (κ2) is 8.98. The lowest BCUT2D eigenvalue weighted by atomic mass is 9.70. The molecular weight excluding hydrogens is 436 g/mol. The van der Waals surface area contributed by atoms with Gasteiger partial charge in [-0.25, -0.2) is 8.42 Å². The van der Waals surface area contributed by atoms with Crippen LogP contribution in [0.1, 0.15) is 45.6 Å². The summed E-state index contributed by atoms with van der Waals surface area (Å²) in [6.07, 6.45) is 5.02. The van der Waals surface area contributed by atoms with Crippen molar-refractivity contribution >= 4 is 15.8 Å². The van der Waals surface area contributed by atoms with Crippen molar-refractivity contribution in [1.82, 2.24) is 0 Å². The fourth-order valence-electron chi connectivity index (χ4n) is 5.38. The third kappa shape index (κ3) is 4.72. The molecule has 2 aromatic rings. The molecule has 33 heavy (non-hydrogen) atoms. The summed E-state index contributed by atoms with van der Waals surface area (Å²) in [5.41, 5.74) is 1.14. The SMILES string of the molecule is CC1(C)C2CC[C@]1(C)C(OC(=O)Cc1ccc(OC/C=C/S(=O)(=O)c3ccccc3)cc1)C2. The fourth-order valence-corrected chi connectivity index (χ4v) is 6.40. The van der Waals surface area contributed by atoms with Crippen molar-refractivity contribution < 1.29 is 22.7 Å². The highest BCUT2D eigenvalue weighted by Crippen LogP contribution is 2.66. The molecule has 0 heterocycles. The fraction of sp³-hybridized carbons (Fsp3) is 0.444. The Morgan fingerprint density at radius 3 is 2.36 bits per heavy atom. The molecule has 2 aromatic carbocycles. The molecule has 0 saturated heterocycles. The lowest BCUT2D eigenvalue weighted by molar-refractivity contribution is -0.156. The Hall–Kier alpha value is -2.60. The van der Waals surface area contributed by atoms with Gasteiger partial charge in [-0.3, -0.25) is 4.79 Å². The van der Waals surface area contributed by atoms with E-state index in [9.17, 15) is 13.2 Å². The summed E-state index contributed by atoms with van der Waals surface area (Å²) in [6.45, 7) is 7.02. The molecule has 2 aliphatic carbocycles. The van der Waals surface area contributed by atoms with E-state index in [4.69, 9.17) is 9.47 Å². The topological polar surface area (TPSA) is 69.7 Å². The van der Waals surface area contributed by atoms with E-state index in [1.807, 2.05) is 12.1 Å². The molecule has 3 atom stereocenters. The lowest BCUT2D eigenvalue weighted by Gasteiger charge is -2.38. The first kappa shape index (κ1) is 23.6. The van der Waals surface area contributed by atoms with Crippen LogP contribution < -0.4 is 4.74 Å². The zero-order chi connectivity index (χ0) is 23.7. The van der Waals surface area contributed by atoms with Gasteiger partial charge < -0.3 is 9.47 Å². The summed E-state index contributed by atoms with van der Waals surface area (Å²) in [5.74, 6) is 1.05. The average molecular weight is 469 g/mol. The first-order chi connectivity index (χ1) is 15.6. The number of benzene rings is 2. The standard InChI is InChI=1S/C27H32O5S/c1-26(2)21-14-15-27(26,3)24(19-21)32-25(28)18-20-10-12-22(13-11-20)31-16-7-17-33(29,30)23-8-5-4-6-9-23/h4-13,17,21,24H,14-16,18-19H2,1-3H3/b17-7+/t21?,24?,27-/m1/s1. The van der Waals surface area contributed by atoms with E-state index in [-0.39, 0.29) is 40.8 Å². The van der Waals surface area contributed by atoms with Crippen LogP contribution >= 0.6 is 0 Å². The Balaban J connectivity index is 1.26. The quantitative estimate of drug-likeness (QED) is 0.488. The van der Waals surface area contributed by atoms with E-state index in [0.29, 0.717) is 11.7 Å². The van der Waals surface area contributed by atoms with Gasteiger partial charge in [0.05, 0.1) is 11.3 Å². The van der Waals surface area contributed by atoms with Crippen LogP contribution in [-0.4, -0.2) is 27.1 Å². The minimum Gasteiger partial charge on any atom is -0.490 e. The Morgan fingerprint density at radius 2 is 1.76 bits per heavy atom. The van der Waals surface area contributed by atoms with Crippen LogP contribution in [0.2, 0.25) is 0 Å². The first-order valence-corrected chi connectivity index (χ1v) is 13.0. The van der Waals surface area contributed by atoms with Gasteiger partial charge in [0.1, 0.15) is 18.5 Å². The Bertz CT molecular complexity index is 1120. The minimum absolute atomic E-state index is 0.000286. The van der Waals surface area contributed by atoms with Crippen molar-refractivity contribution in [2.24, 2.45) is 16.7 Å². The number of esters is 1. The Kier molecular flexibility index (Phi) is 6.41. The number of carbonyl (C=O) groups excluding carboxylic acids is 1. The zero-order valence-corrected chi connectivity index (χ0v) is 20.3. The molecule has 2 aliphatic rings. The van der Waals surface area contributed by atoms with Gasteiger partial charge in [0.15, 0.2) is 9.84 Å². The van der Waals surface area contributed by atoms with Gasteiger partial charge in [0.2, 0.25) is 0 Å². The molecule has 0 amide bonds. The smallest absolute Gasteiger partial charge is 0.310 e. The predicted octanol–water partition coefficient (Wildman–Crippen LogP) is 5.35. The van der Waals surface area contributed by atoms with Gasteiger partial charge in [-0.15, -0.1) is 0 Å². The molecule has 0 N–H and O–H groups in total. The number of hydrogen-bond acceptors (Lipinski definition) is 5. The maximum atomic E-state index is 12.6. The Labute approximate surface area is 196 Å². The normalized spacial score (nSPS) is 25.9. The lowest BCUT2D eigenvalue weighted by Crippen LogP contribution is -2.38. The second-order valence-electron chi connectivity index (χ2n) is 9.95. The molecule has 0 aromatic heterocycles. The predicted molar refractivity (Wildman–Crippen MR) is 128 cm³/mol. The summed E-state index contributed by atoms with van der Waals surface area (Å²) in [4.78, 5) is 12.8. The molecule has 5 nitrogen and oxygen atoms in total. The molecule has 0 aliphatic heterocycles. The van der Waals surface area contributed by atoms with E-state index in [1.165, 1.54) is 12.5 Å². The van der Waals surface area contributed by atoms with Crippen LogP contribution in [0, 0.1) is 16.7 Å². The molecular formula is C27H32O5S. The minimum atomic E-state index is -3.47. The summed E-state index contributed by atoms with van der Waals surface area (Å²) in [6, 6.07) is 15.5. The monoisotopic (exact) mass is 468 g/mol. The van der Waals surface area contributed by atoms with Crippen LogP contribution in [0.15, 0.2) is 71.0 Å².